The summed E-state index contributed by atoms with van der Waals surface area (Å²) in [6.07, 6.45) is 4.27. The minimum atomic E-state index is 0.103. The van der Waals surface area contributed by atoms with E-state index in [0.29, 0.717) is 30.7 Å². The van der Waals surface area contributed by atoms with Gasteiger partial charge in [0.1, 0.15) is 42.4 Å². The third-order valence-corrected chi connectivity index (χ3v) is 7.01. The molecule has 1 aromatic carbocycles. The van der Waals surface area contributed by atoms with E-state index in [0.717, 1.165) is 65.8 Å². The number of ether oxygens (including phenoxy) is 4. The maximum atomic E-state index is 9.29. The summed E-state index contributed by atoms with van der Waals surface area (Å²) in [5.74, 6) is 1.48. The van der Waals surface area contributed by atoms with Crippen LogP contribution in [0.5, 0.6) is 11.5 Å². The molecule has 0 saturated carbocycles. The molecule has 8 heteroatoms. The maximum absolute atomic E-state index is 9.29. The highest BCUT2D eigenvalue weighted by atomic mass is 32.2. The van der Waals surface area contributed by atoms with Gasteiger partial charge < -0.3 is 18.9 Å². The van der Waals surface area contributed by atoms with Gasteiger partial charge in [0.2, 0.25) is 0 Å². The first-order chi connectivity index (χ1) is 15.2. The van der Waals surface area contributed by atoms with Gasteiger partial charge in [-0.1, -0.05) is 50.2 Å². The van der Waals surface area contributed by atoms with E-state index in [9.17, 15) is 10.5 Å². The number of rotatable bonds is 14. The Morgan fingerprint density at radius 3 is 2.00 bits per heavy atom. The van der Waals surface area contributed by atoms with Crippen LogP contribution in [0.1, 0.15) is 45.1 Å². The van der Waals surface area contributed by atoms with Gasteiger partial charge in [-0.3, -0.25) is 0 Å². The van der Waals surface area contributed by atoms with Crippen molar-refractivity contribution in [3.05, 3.63) is 21.4 Å². The number of unbranched alkanes of at least 4 members (excludes halogenated alkanes) is 2. The molecule has 1 aromatic rings. The molecule has 2 rings (SSSR count). The predicted molar refractivity (Wildman–Crippen MR) is 124 cm³/mol. The highest BCUT2D eigenvalue weighted by Gasteiger charge is 2.30. The Kier molecular flexibility index (Phi) is 11.7. The molecule has 0 amide bonds. The van der Waals surface area contributed by atoms with Crippen LogP contribution in [0, 0.1) is 29.6 Å². The van der Waals surface area contributed by atoms with Crippen molar-refractivity contribution in [2.24, 2.45) is 0 Å². The van der Waals surface area contributed by atoms with Gasteiger partial charge >= 0.3 is 0 Å². The van der Waals surface area contributed by atoms with Gasteiger partial charge in [0.15, 0.2) is 0 Å². The van der Waals surface area contributed by atoms with Crippen LogP contribution >= 0.6 is 23.5 Å². The summed E-state index contributed by atoms with van der Waals surface area (Å²) in [7, 11) is 0. The number of hydrogen-bond acceptors (Lipinski definition) is 8. The fourth-order valence-corrected chi connectivity index (χ4v) is 5.32. The maximum Gasteiger partial charge on any atom is 0.150 e. The largest absolute Gasteiger partial charge is 0.490 e. The molecule has 1 aliphatic rings. The molecule has 0 saturated heterocycles. The molecule has 0 aromatic heterocycles. The number of benzene rings is 1. The summed E-state index contributed by atoms with van der Waals surface area (Å²) < 4.78 is 23.9. The van der Waals surface area contributed by atoms with E-state index >= 15 is 0 Å². The van der Waals surface area contributed by atoms with Crippen molar-refractivity contribution in [1.82, 2.24) is 0 Å². The number of allylic oxidation sites excluding steroid dienone is 1. The lowest BCUT2D eigenvalue weighted by atomic mass is 10.2. The number of thioether (sulfide) groups is 2. The van der Waals surface area contributed by atoms with Crippen LogP contribution in [-0.4, -0.2) is 39.6 Å². The molecule has 31 heavy (non-hydrogen) atoms. The normalized spacial score (nSPS) is 12.2. The second-order valence-electron chi connectivity index (χ2n) is 6.90. The van der Waals surface area contributed by atoms with Crippen LogP contribution in [0.3, 0.4) is 0 Å². The van der Waals surface area contributed by atoms with E-state index < -0.39 is 0 Å². The average Bonchev–Trinajstić information content (AvgIpc) is 3.20. The second-order valence-corrected chi connectivity index (χ2v) is 9.20. The van der Waals surface area contributed by atoms with Crippen molar-refractivity contribution >= 4 is 23.5 Å². The average molecular weight is 463 g/mol. The fourth-order valence-electron chi connectivity index (χ4n) is 2.73. The van der Waals surface area contributed by atoms with E-state index in [4.69, 9.17) is 18.9 Å². The Balaban J connectivity index is 2.14. The van der Waals surface area contributed by atoms with E-state index in [2.05, 4.69) is 13.8 Å². The van der Waals surface area contributed by atoms with Crippen LogP contribution in [-0.2, 0) is 9.47 Å². The van der Waals surface area contributed by atoms with Gasteiger partial charge in [-0.05, 0) is 31.4 Å². The molecule has 1 heterocycles. The molecule has 0 unspecified atom stereocenters. The zero-order chi connectivity index (χ0) is 22.5. The van der Waals surface area contributed by atoms with Gasteiger partial charge in [-0.25, -0.2) is 0 Å². The molecule has 0 bridgehead atoms. The monoisotopic (exact) mass is 462 g/mol. The van der Waals surface area contributed by atoms with Crippen molar-refractivity contribution in [3.63, 3.8) is 0 Å². The highest BCUT2D eigenvalue weighted by Crippen LogP contribution is 2.59. The predicted octanol–water partition coefficient (Wildman–Crippen LogP) is 5.84. The van der Waals surface area contributed by atoms with Crippen molar-refractivity contribution in [2.45, 2.75) is 56.2 Å². The summed E-state index contributed by atoms with van der Waals surface area (Å²) in [4.78, 5) is 1.77. The van der Waals surface area contributed by atoms with Crippen molar-refractivity contribution in [1.29, 1.82) is 10.5 Å². The smallest absolute Gasteiger partial charge is 0.150 e. The zero-order valence-corrected chi connectivity index (χ0v) is 20.1. The van der Waals surface area contributed by atoms with Crippen molar-refractivity contribution in [3.8, 4) is 23.6 Å². The van der Waals surface area contributed by atoms with Gasteiger partial charge in [0, 0.05) is 13.2 Å². The Labute approximate surface area is 193 Å². The van der Waals surface area contributed by atoms with Crippen LogP contribution in [0.2, 0.25) is 0 Å². The first-order valence-electron chi connectivity index (χ1n) is 10.6. The minimum absolute atomic E-state index is 0.103. The first kappa shape index (κ1) is 25.4. The molecule has 0 spiro atoms. The van der Waals surface area contributed by atoms with E-state index in [1.165, 1.54) is 23.5 Å². The molecule has 0 N–H and O–H groups in total. The molecular formula is C23H30N2O4S2. The minimum Gasteiger partial charge on any atom is -0.490 e. The summed E-state index contributed by atoms with van der Waals surface area (Å²) in [5.41, 5.74) is 1.05. The van der Waals surface area contributed by atoms with Crippen molar-refractivity contribution < 1.29 is 18.9 Å². The van der Waals surface area contributed by atoms with Crippen LogP contribution in [0.25, 0.3) is 0 Å². The SMILES string of the molecule is CCCCOCCOc1cc(C)c(OCCOCCCC)c2c1SC(=C(C#N)C#N)S2. The van der Waals surface area contributed by atoms with Gasteiger partial charge in [-0.15, -0.1) is 0 Å². The number of nitrogens with zero attached hydrogens (tertiary/aromatic N) is 2. The van der Waals surface area contributed by atoms with Crippen LogP contribution in [0.4, 0.5) is 0 Å². The fraction of sp³-hybridized carbons (Fsp3) is 0.565. The lowest BCUT2D eigenvalue weighted by Gasteiger charge is -2.16. The molecule has 168 valence electrons. The summed E-state index contributed by atoms with van der Waals surface area (Å²) >= 11 is 2.78. The quantitative estimate of drug-likeness (QED) is 0.252. The van der Waals surface area contributed by atoms with E-state index in [1.807, 2.05) is 25.1 Å². The van der Waals surface area contributed by atoms with E-state index in [1.54, 1.807) is 0 Å². The lowest BCUT2D eigenvalue weighted by Crippen LogP contribution is -2.10. The first-order valence-corrected chi connectivity index (χ1v) is 12.3. The van der Waals surface area contributed by atoms with Crippen LogP contribution < -0.4 is 9.47 Å². The Bertz CT molecular complexity index is 827. The topological polar surface area (TPSA) is 84.5 Å². The summed E-state index contributed by atoms with van der Waals surface area (Å²) in [6, 6.07) is 5.91. The number of hydrogen-bond donors (Lipinski definition) is 0. The summed E-state index contributed by atoms with van der Waals surface area (Å²) in [6.45, 7) is 9.61. The van der Waals surface area contributed by atoms with Gasteiger partial charge in [0.05, 0.1) is 27.2 Å². The third-order valence-electron chi connectivity index (χ3n) is 4.40. The lowest BCUT2D eigenvalue weighted by molar-refractivity contribution is 0.0949. The molecule has 0 aliphatic carbocycles. The molecule has 6 nitrogen and oxygen atoms in total. The second kappa shape index (κ2) is 14.3. The molecule has 0 atom stereocenters. The Morgan fingerprint density at radius 1 is 0.839 bits per heavy atom. The van der Waals surface area contributed by atoms with E-state index in [-0.39, 0.29) is 5.57 Å². The summed E-state index contributed by atoms with van der Waals surface area (Å²) in [5, 5.41) is 18.6. The van der Waals surface area contributed by atoms with Crippen molar-refractivity contribution in [2.75, 3.05) is 39.6 Å². The van der Waals surface area contributed by atoms with Crippen LogP contribution in [0.15, 0.2) is 25.7 Å². The molecule has 1 aliphatic heterocycles. The molecule has 0 fully saturated rings. The Hall–Kier alpha value is -1.84. The number of fused-ring (bicyclic) bond motifs is 1. The third kappa shape index (κ3) is 7.66. The highest BCUT2D eigenvalue weighted by molar-refractivity contribution is 8.24. The Morgan fingerprint density at radius 2 is 1.42 bits per heavy atom. The zero-order valence-electron chi connectivity index (χ0n) is 18.5. The molecular weight excluding hydrogens is 432 g/mol. The standard InChI is InChI=1S/C23H30N2O4S2/c1-4-6-8-26-10-12-28-19-14-17(3)20(29-13-11-27-9-7-5-2)22-21(19)30-23(31-22)18(15-24)16-25/h14H,4-13H2,1-3H3. The van der Waals surface area contributed by atoms with Gasteiger partial charge in [-0.2, -0.15) is 10.5 Å². The van der Waals surface area contributed by atoms with Gasteiger partial charge in [0.25, 0.3) is 0 Å². The molecule has 0 radical (unpaired) electrons. The number of nitriles is 2. The number of aryl methyl sites for hydroxylation is 1.